The van der Waals surface area contributed by atoms with Crippen LogP contribution in [0.25, 0.3) is 17.0 Å². The van der Waals surface area contributed by atoms with Crippen LogP contribution in [0.4, 0.5) is 0 Å². The maximum atomic E-state index is 12.3. The molecule has 1 atom stereocenters. The van der Waals surface area contributed by atoms with Crippen molar-refractivity contribution in [2.75, 3.05) is 20.3 Å². The van der Waals surface area contributed by atoms with Gasteiger partial charge in [-0.1, -0.05) is 29.8 Å². The number of hydrogen-bond acceptors (Lipinski definition) is 7. The first-order chi connectivity index (χ1) is 16.0. The second-order valence-electron chi connectivity index (χ2n) is 7.05. The molecule has 0 saturated carbocycles. The number of benzene rings is 2. The summed E-state index contributed by atoms with van der Waals surface area (Å²) < 4.78 is 18.2. The van der Waals surface area contributed by atoms with E-state index in [2.05, 4.69) is 20.6 Å². The smallest absolute Gasteiger partial charge is 0.260 e. The monoisotopic (exact) mass is 467 g/mol. The molecular weight excluding hydrogens is 446 g/mol. The van der Waals surface area contributed by atoms with Gasteiger partial charge in [-0.2, -0.15) is 4.52 Å². The summed E-state index contributed by atoms with van der Waals surface area (Å²) in [4.78, 5) is 12.3. The van der Waals surface area contributed by atoms with Gasteiger partial charge in [-0.3, -0.25) is 4.79 Å². The van der Waals surface area contributed by atoms with Crippen molar-refractivity contribution < 1.29 is 19.0 Å². The zero-order valence-electron chi connectivity index (χ0n) is 18.1. The predicted octanol–water partition coefficient (Wildman–Crippen LogP) is 3.42. The second kappa shape index (κ2) is 10.2. The normalized spacial score (nSPS) is 11.7. The van der Waals surface area contributed by atoms with Crippen LogP contribution in [-0.4, -0.2) is 52.1 Å². The third-order valence-electron chi connectivity index (χ3n) is 4.70. The molecule has 0 aliphatic carbocycles. The van der Waals surface area contributed by atoms with E-state index in [1.54, 1.807) is 54.9 Å². The SMILES string of the molecule is COc1cccc(-c2nnc3ccc(OCCNC(=O)C(C)Oc4cccc(Cl)c4)nn23)c1. The highest BCUT2D eigenvalue weighted by molar-refractivity contribution is 6.30. The summed E-state index contributed by atoms with van der Waals surface area (Å²) in [5, 5.41) is 16.1. The fourth-order valence-electron chi connectivity index (χ4n) is 3.06. The maximum absolute atomic E-state index is 12.3. The number of nitrogens with zero attached hydrogens (tertiary/aromatic N) is 4. The molecule has 0 saturated heterocycles. The van der Waals surface area contributed by atoms with Crippen molar-refractivity contribution in [2.45, 2.75) is 13.0 Å². The van der Waals surface area contributed by atoms with Crippen LogP contribution < -0.4 is 19.5 Å². The lowest BCUT2D eigenvalue weighted by molar-refractivity contribution is -0.127. The van der Waals surface area contributed by atoms with Crippen molar-refractivity contribution in [3.8, 4) is 28.8 Å². The molecule has 0 aliphatic heterocycles. The van der Waals surface area contributed by atoms with Crippen molar-refractivity contribution in [3.63, 3.8) is 0 Å². The van der Waals surface area contributed by atoms with Crippen LogP contribution in [0.1, 0.15) is 6.92 Å². The predicted molar refractivity (Wildman–Crippen MR) is 123 cm³/mol. The van der Waals surface area contributed by atoms with Crippen LogP contribution in [0.15, 0.2) is 60.7 Å². The van der Waals surface area contributed by atoms with Gasteiger partial charge in [0.25, 0.3) is 5.91 Å². The highest BCUT2D eigenvalue weighted by Crippen LogP contribution is 2.23. The zero-order valence-corrected chi connectivity index (χ0v) is 18.8. The Kier molecular flexibility index (Phi) is 6.89. The molecule has 1 unspecified atom stereocenters. The van der Waals surface area contributed by atoms with Crippen molar-refractivity contribution in [2.24, 2.45) is 0 Å². The topological polar surface area (TPSA) is 99.9 Å². The molecule has 0 fully saturated rings. The van der Waals surface area contributed by atoms with E-state index in [1.165, 1.54) is 0 Å². The van der Waals surface area contributed by atoms with Gasteiger partial charge < -0.3 is 19.5 Å². The first-order valence-electron chi connectivity index (χ1n) is 10.2. The molecule has 10 heteroatoms. The molecule has 33 heavy (non-hydrogen) atoms. The summed E-state index contributed by atoms with van der Waals surface area (Å²) in [7, 11) is 1.61. The van der Waals surface area contributed by atoms with Gasteiger partial charge in [0.15, 0.2) is 17.6 Å². The lowest BCUT2D eigenvalue weighted by Gasteiger charge is -2.15. The van der Waals surface area contributed by atoms with Gasteiger partial charge >= 0.3 is 0 Å². The molecule has 2 aromatic carbocycles. The van der Waals surface area contributed by atoms with E-state index in [9.17, 15) is 4.79 Å². The number of nitrogens with one attached hydrogen (secondary N) is 1. The van der Waals surface area contributed by atoms with Crippen LogP contribution >= 0.6 is 11.6 Å². The molecule has 1 N–H and O–H groups in total. The van der Waals surface area contributed by atoms with Gasteiger partial charge in [-0.05, 0) is 43.3 Å². The summed E-state index contributed by atoms with van der Waals surface area (Å²) in [6, 6.07) is 17.8. The minimum Gasteiger partial charge on any atom is -0.497 e. The molecule has 4 aromatic rings. The van der Waals surface area contributed by atoms with Gasteiger partial charge in [-0.25, -0.2) is 0 Å². The number of carbonyl (C=O) groups is 1. The van der Waals surface area contributed by atoms with Crippen molar-refractivity contribution >= 4 is 23.2 Å². The van der Waals surface area contributed by atoms with E-state index in [4.69, 9.17) is 25.8 Å². The Morgan fingerprint density at radius 3 is 2.73 bits per heavy atom. The molecule has 1 amide bonds. The largest absolute Gasteiger partial charge is 0.497 e. The van der Waals surface area contributed by atoms with Gasteiger partial charge in [0.05, 0.1) is 13.7 Å². The van der Waals surface area contributed by atoms with E-state index < -0.39 is 6.10 Å². The number of rotatable bonds is 9. The number of aromatic nitrogens is 4. The molecule has 0 aliphatic rings. The molecule has 0 bridgehead atoms. The average Bonchev–Trinajstić information content (AvgIpc) is 3.25. The molecule has 0 radical (unpaired) electrons. The van der Waals surface area contributed by atoms with E-state index in [0.717, 1.165) is 5.56 Å². The summed E-state index contributed by atoms with van der Waals surface area (Å²) in [6.45, 7) is 2.18. The summed E-state index contributed by atoms with van der Waals surface area (Å²) in [6.07, 6.45) is -0.680. The van der Waals surface area contributed by atoms with Gasteiger partial charge in [0.2, 0.25) is 5.88 Å². The number of hydrogen-bond donors (Lipinski definition) is 1. The molecular formula is C23H22ClN5O4. The standard InChI is InChI=1S/C23H22ClN5O4/c1-15(33-19-8-4-6-17(24)14-19)23(30)25-11-12-32-21-10-9-20-26-27-22(29(20)28-21)16-5-3-7-18(13-16)31-2/h3-10,13-15H,11-12H2,1-2H3,(H,25,30). The van der Waals surface area contributed by atoms with Gasteiger partial charge in [0, 0.05) is 16.7 Å². The molecule has 170 valence electrons. The number of methoxy groups -OCH3 is 1. The van der Waals surface area contributed by atoms with Gasteiger partial charge in [-0.15, -0.1) is 15.3 Å². The Morgan fingerprint density at radius 2 is 1.91 bits per heavy atom. The first-order valence-corrected chi connectivity index (χ1v) is 10.6. The summed E-state index contributed by atoms with van der Waals surface area (Å²) >= 11 is 5.94. The lowest BCUT2D eigenvalue weighted by atomic mass is 10.2. The molecule has 2 heterocycles. The highest BCUT2D eigenvalue weighted by Gasteiger charge is 2.15. The van der Waals surface area contributed by atoms with Crippen LogP contribution in [0.2, 0.25) is 5.02 Å². The maximum Gasteiger partial charge on any atom is 0.260 e. The van der Waals surface area contributed by atoms with Gasteiger partial charge in [0.1, 0.15) is 18.1 Å². The minimum atomic E-state index is -0.680. The lowest BCUT2D eigenvalue weighted by Crippen LogP contribution is -2.38. The van der Waals surface area contributed by atoms with E-state index in [0.29, 0.717) is 33.9 Å². The summed E-state index contributed by atoms with van der Waals surface area (Å²) in [5.41, 5.74) is 1.40. The first kappa shape index (κ1) is 22.3. The molecule has 4 rings (SSSR count). The van der Waals surface area contributed by atoms with E-state index in [1.807, 2.05) is 24.3 Å². The Hall–Kier alpha value is -3.85. The number of fused-ring (bicyclic) bond motifs is 1. The van der Waals surface area contributed by atoms with E-state index in [-0.39, 0.29) is 19.1 Å². The fourth-order valence-corrected chi connectivity index (χ4v) is 3.24. The quantitative estimate of drug-likeness (QED) is 0.376. The van der Waals surface area contributed by atoms with Crippen LogP contribution in [0.3, 0.4) is 0 Å². The summed E-state index contributed by atoms with van der Waals surface area (Å²) in [5.74, 6) is 1.92. The average molecular weight is 468 g/mol. The molecule has 9 nitrogen and oxygen atoms in total. The molecule has 2 aromatic heterocycles. The Bertz CT molecular complexity index is 1260. The number of ether oxygens (including phenoxy) is 3. The number of amides is 1. The van der Waals surface area contributed by atoms with Crippen molar-refractivity contribution in [1.82, 2.24) is 25.1 Å². The van der Waals surface area contributed by atoms with Crippen molar-refractivity contribution in [1.29, 1.82) is 0 Å². The van der Waals surface area contributed by atoms with Crippen LogP contribution in [0, 0.1) is 0 Å². The molecule has 0 spiro atoms. The Morgan fingerprint density at radius 1 is 1.09 bits per heavy atom. The third-order valence-corrected chi connectivity index (χ3v) is 4.93. The second-order valence-corrected chi connectivity index (χ2v) is 7.49. The Labute approximate surface area is 195 Å². The Balaban J connectivity index is 1.33. The van der Waals surface area contributed by atoms with Crippen LogP contribution in [0.5, 0.6) is 17.4 Å². The zero-order chi connectivity index (χ0) is 23.2. The van der Waals surface area contributed by atoms with Crippen LogP contribution in [-0.2, 0) is 4.79 Å². The van der Waals surface area contributed by atoms with E-state index >= 15 is 0 Å². The fraction of sp³-hybridized carbons (Fsp3) is 0.217. The highest BCUT2D eigenvalue weighted by atomic mass is 35.5. The number of carbonyl (C=O) groups excluding carboxylic acids is 1. The number of halogens is 1. The van der Waals surface area contributed by atoms with Crippen molar-refractivity contribution in [3.05, 3.63) is 65.7 Å². The minimum absolute atomic E-state index is 0.227. The third kappa shape index (κ3) is 5.50.